The normalized spacial score (nSPS) is 17.7. The van der Waals surface area contributed by atoms with Gasteiger partial charge < -0.3 is 10.0 Å². The maximum Gasteiger partial charge on any atom is 0.337 e. The van der Waals surface area contributed by atoms with E-state index in [1.807, 2.05) is 11.0 Å². The molecular weight excluding hydrogens is 307 g/mol. The van der Waals surface area contributed by atoms with Crippen molar-refractivity contribution in [3.63, 3.8) is 0 Å². The molecular formula is C16H14ClFN2O2. The molecule has 1 atom stereocenters. The van der Waals surface area contributed by atoms with Crippen LogP contribution in [0.2, 0.25) is 5.02 Å². The summed E-state index contributed by atoms with van der Waals surface area (Å²) in [5, 5.41) is 9.27. The average Bonchev–Trinajstić information content (AvgIpc) is 2.96. The molecule has 1 unspecified atom stereocenters. The predicted molar refractivity (Wildman–Crippen MR) is 81.9 cm³/mol. The van der Waals surface area contributed by atoms with Crippen LogP contribution in [-0.4, -0.2) is 22.6 Å². The summed E-state index contributed by atoms with van der Waals surface area (Å²) in [6.07, 6.45) is 3.12. The van der Waals surface area contributed by atoms with Gasteiger partial charge in [0.1, 0.15) is 11.6 Å². The number of carboxylic acid groups (broad SMARTS) is 1. The van der Waals surface area contributed by atoms with Crippen molar-refractivity contribution in [3.05, 3.63) is 58.5 Å². The Bertz CT molecular complexity index is 723. The monoisotopic (exact) mass is 320 g/mol. The zero-order chi connectivity index (χ0) is 15.7. The van der Waals surface area contributed by atoms with Crippen LogP contribution < -0.4 is 4.90 Å². The Morgan fingerprint density at radius 1 is 1.41 bits per heavy atom. The zero-order valence-electron chi connectivity index (χ0n) is 11.7. The molecule has 1 fully saturated rings. The van der Waals surface area contributed by atoms with Crippen LogP contribution >= 0.6 is 11.6 Å². The molecule has 114 valence electrons. The number of anilines is 1. The molecule has 6 heteroatoms. The van der Waals surface area contributed by atoms with E-state index in [-0.39, 0.29) is 17.4 Å². The summed E-state index contributed by atoms with van der Waals surface area (Å²) >= 11 is 6.20. The molecule has 3 rings (SSSR count). The molecule has 1 aromatic carbocycles. The third-order valence-electron chi connectivity index (χ3n) is 3.83. The Morgan fingerprint density at radius 2 is 2.23 bits per heavy atom. The van der Waals surface area contributed by atoms with Crippen LogP contribution in [0.1, 0.15) is 34.8 Å². The maximum atomic E-state index is 13.4. The number of carbonyl (C=O) groups is 1. The largest absolute Gasteiger partial charge is 0.478 e. The van der Waals surface area contributed by atoms with Crippen molar-refractivity contribution in [3.8, 4) is 0 Å². The van der Waals surface area contributed by atoms with Crippen molar-refractivity contribution in [1.82, 2.24) is 4.98 Å². The second-order valence-electron chi connectivity index (χ2n) is 5.24. The predicted octanol–water partition coefficient (Wildman–Crippen LogP) is 3.91. The molecule has 0 spiro atoms. The van der Waals surface area contributed by atoms with E-state index < -0.39 is 5.97 Å². The highest BCUT2D eigenvalue weighted by molar-refractivity contribution is 6.33. The van der Waals surface area contributed by atoms with Crippen molar-refractivity contribution < 1.29 is 14.3 Å². The molecule has 1 N–H and O–H groups in total. The van der Waals surface area contributed by atoms with E-state index >= 15 is 0 Å². The number of rotatable bonds is 3. The quantitative estimate of drug-likeness (QED) is 0.931. The van der Waals surface area contributed by atoms with Crippen LogP contribution in [0.25, 0.3) is 0 Å². The Hall–Kier alpha value is -2.14. The van der Waals surface area contributed by atoms with Crippen molar-refractivity contribution in [2.75, 3.05) is 11.4 Å². The topological polar surface area (TPSA) is 53.4 Å². The van der Waals surface area contributed by atoms with E-state index in [4.69, 9.17) is 16.7 Å². The number of hydrogen-bond acceptors (Lipinski definition) is 3. The number of nitrogens with zero attached hydrogens (tertiary/aromatic N) is 2. The molecule has 1 aromatic heterocycles. The summed E-state index contributed by atoms with van der Waals surface area (Å²) < 4.78 is 13.4. The van der Waals surface area contributed by atoms with Gasteiger partial charge in [-0.2, -0.15) is 0 Å². The Kier molecular flexibility index (Phi) is 3.98. The van der Waals surface area contributed by atoms with Gasteiger partial charge >= 0.3 is 5.97 Å². The summed E-state index contributed by atoms with van der Waals surface area (Å²) in [6, 6.07) is 7.89. The first-order valence-corrected chi connectivity index (χ1v) is 7.35. The smallest absolute Gasteiger partial charge is 0.337 e. The van der Waals surface area contributed by atoms with Gasteiger partial charge in [-0.1, -0.05) is 23.7 Å². The maximum absolute atomic E-state index is 13.4. The van der Waals surface area contributed by atoms with Gasteiger partial charge in [0.25, 0.3) is 0 Å². The minimum atomic E-state index is -1.07. The van der Waals surface area contributed by atoms with E-state index in [9.17, 15) is 9.18 Å². The fourth-order valence-corrected chi connectivity index (χ4v) is 3.11. The highest BCUT2D eigenvalue weighted by Gasteiger charge is 2.29. The minimum Gasteiger partial charge on any atom is -0.478 e. The lowest BCUT2D eigenvalue weighted by atomic mass is 10.0. The fraction of sp³-hybridized carbons (Fsp3) is 0.250. The summed E-state index contributed by atoms with van der Waals surface area (Å²) in [7, 11) is 0. The van der Waals surface area contributed by atoms with Crippen LogP contribution in [0.3, 0.4) is 0 Å². The van der Waals surface area contributed by atoms with E-state index in [0.717, 1.165) is 24.9 Å². The molecule has 2 heterocycles. The standard InChI is InChI=1S/C16H14ClFN2O2/c17-13-8-11(16(21)22)9-19-15(13)20-6-2-5-14(20)10-3-1-4-12(18)7-10/h1,3-4,7-9,14H,2,5-6H2,(H,21,22). The summed E-state index contributed by atoms with van der Waals surface area (Å²) in [5.41, 5.74) is 0.924. The van der Waals surface area contributed by atoms with Gasteiger partial charge in [-0.3, -0.25) is 0 Å². The molecule has 4 nitrogen and oxygen atoms in total. The molecule has 0 aliphatic carbocycles. The van der Waals surface area contributed by atoms with Gasteiger partial charge in [-0.25, -0.2) is 14.2 Å². The molecule has 2 aromatic rings. The van der Waals surface area contributed by atoms with Crippen molar-refractivity contribution in [1.29, 1.82) is 0 Å². The minimum absolute atomic E-state index is 0.00335. The first-order valence-electron chi connectivity index (χ1n) is 6.97. The van der Waals surface area contributed by atoms with Gasteiger partial charge in [0, 0.05) is 12.7 Å². The Labute approximate surface area is 132 Å². The molecule has 22 heavy (non-hydrogen) atoms. The number of aromatic carboxylic acids is 1. The van der Waals surface area contributed by atoms with Gasteiger partial charge in [0.15, 0.2) is 0 Å². The van der Waals surface area contributed by atoms with Gasteiger partial charge in [-0.05, 0) is 36.6 Å². The highest BCUT2D eigenvalue weighted by Crippen LogP contribution is 2.38. The lowest BCUT2D eigenvalue weighted by Crippen LogP contribution is -2.24. The molecule has 0 amide bonds. The Balaban J connectivity index is 1.95. The highest BCUT2D eigenvalue weighted by atomic mass is 35.5. The number of aromatic nitrogens is 1. The van der Waals surface area contributed by atoms with Crippen molar-refractivity contribution in [2.24, 2.45) is 0 Å². The molecule has 1 aliphatic rings. The average molecular weight is 321 g/mol. The van der Waals surface area contributed by atoms with Crippen LogP contribution in [0.4, 0.5) is 10.2 Å². The van der Waals surface area contributed by atoms with Crippen LogP contribution in [0.15, 0.2) is 36.5 Å². The van der Waals surface area contributed by atoms with E-state index in [1.54, 1.807) is 6.07 Å². The Morgan fingerprint density at radius 3 is 2.91 bits per heavy atom. The number of benzene rings is 1. The van der Waals surface area contributed by atoms with Gasteiger partial charge in [0.2, 0.25) is 0 Å². The first-order chi connectivity index (χ1) is 10.6. The second-order valence-corrected chi connectivity index (χ2v) is 5.65. The van der Waals surface area contributed by atoms with E-state index in [1.165, 1.54) is 24.4 Å². The first kappa shape index (κ1) is 14.8. The summed E-state index contributed by atoms with van der Waals surface area (Å²) in [5.74, 6) is -0.799. The second kappa shape index (κ2) is 5.93. The number of halogens is 2. The van der Waals surface area contributed by atoms with Gasteiger partial charge in [-0.15, -0.1) is 0 Å². The summed E-state index contributed by atoms with van der Waals surface area (Å²) in [6.45, 7) is 0.750. The van der Waals surface area contributed by atoms with E-state index in [0.29, 0.717) is 10.8 Å². The molecule has 0 saturated carbocycles. The number of hydrogen-bond donors (Lipinski definition) is 1. The zero-order valence-corrected chi connectivity index (χ0v) is 12.4. The third-order valence-corrected chi connectivity index (χ3v) is 4.11. The lowest BCUT2D eigenvalue weighted by Gasteiger charge is -2.27. The van der Waals surface area contributed by atoms with Crippen LogP contribution in [-0.2, 0) is 0 Å². The molecule has 0 radical (unpaired) electrons. The van der Waals surface area contributed by atoms with Crippen LogP contribution in [0.5, 0.6) is 0 Å². The number of pyridine rings is 1. The molecule has 1 aliphatic heterocycles. The van der Waals surface area contributed by atoms with Crippen LogP contribution in [0, 0.1) is 5.82 Å². The van der Waals surface area contributed by atoms with Gasteiger partial charge in [0.05, 0.1) is 16.6 Å². The van der Waals surface area contributed by atoms with E-state index in [2.05, 4.69) is 4.98 Å². The SMILES string of the molecule is O=C(O)c1cnc(N2CCCC2c2cccc(F)c2)c(Cl)c1. The fourth-order valence-electron chi connectivity index (χ4n) is 2.84. The van der Waals surface area contributed by atoms with Crippen molar-refractivity contribution >= 4 is 23.4 Å². The molecule has 0 bridgehead atoms. The van der Waals surface area contributed by atoms with Crippen molar-refractivity contribution in [2.45, 2.75) is 18.9 Å². The molecule has 1 saturated heterocycles. The summed E-state index contributed by atoms with van der Waals surface area (Å²) in [4.78, 5) is 17.2. The third kappa shape index (κ3) is 2.76. The number of carboxylic acids is 1. The lowest BCUT2D eigenvalue weighted by molar-refractivity contribution is 0.0696.